The average molecular weight is 320 g/mol. The SMILES string of the molecule is Fc1cc(CCl)cc(OCc2ccc(Cl)c(Cl)c2)c1. The second-order valence-electron chi connectivity index (χ2n) is 3.97. The molecule has 0 bridgehead atoms. The van der Waals surface area contributed by atoms with Gasteiger partial charge in [-0.05, 0) is 35.4 Å². The van der Waals surface area contributed by atoms with Gasteiger partial charge in [-0.1, -0.05) is 29.3 Å². The molecule has 2 rings (SSSR count). The van der Waals surface area contributed by atoms with Gasteiger partial charge >= 0.3 is 0 Å². The van der Waals surface area contributed by atoms with Gasteiger partial charge in [-0.25, -0.2) is 4.39 Å². The first kappa shape index (κ1) is 14.4. The van der Waals surface area contributed by atoms with E-state index in [0.29, 0.717) is 21.4 Å². The number of alkyl halides is 1. The van der Waals surface area contributed by atoms with Crippen LogP contribution in [0.15, 0.2) is 36.4 Å². The van der Waals surface area contributed by atoms with Crippen LogP contribution in [0.1, 0.15) is 11.1 Å². The van der Waals surface area contributed by atoms with Gasteiger partial charge in [-0.2, -0.15) is 0 Å². The van der Waals surface area contributed by atoms with Crippen LogP contribution in [0.3, 0.4) is 0 Å². The van der Waals surface area contributed by atoms with Crippen molar-refractivity contribution in [2.45, 2.75) is 12.5 Å². The zero-order valence-corrected chi connectivity index (χ0v) is 12.1. The lowest BCUT2D eigenvalue weighted by molar-refractivity contribution is 0.304. The summed E-state index contributed by atoms with van der Waals surface area (Å²) in [5, 5.41) is 0.948. The minimum absolute atomic E-state index is 0.237. The van der Waals surface area contributed by atoms with E-state index in [0.717, 1.165) is 5.56 Å². The molecule has 2 aromatic carbocycles. The standard InChI is InChI=1S/C14H10Cl3FO/c15-7-10-3-11(18)6-12(4-10)19-8-9-1-2-13(16)14(17)5-9/h1-6H,7-8H2. The maximum Gasteiger partial charge on any atom is 0.127 e. The predicted molar refractivity (Wildman–Crippen MR) is 76.8 cm³/mol. The number of hydrogen-bond donors (Lipinski definition) is 0. The molecule has 1 nitrogen and oxygen atoms in total. The minimum atomic E-state index is -0.373. The Morgan fingerprint density at radius 3 is 2.42 bits per heavy atom. The van der Waals surface area contributed by atoms with Gasteiger partial charge in [0.1, 0.15) is 18.2 Å². The van der Waals surface area contributed by atoms with E-state index in [1.807, 2.05) is 0 Å². The summed E-state index contributed by atoms with van der Waals surface area (Å²) in [5.74, 6) is 0.296. The molecule has 0 heterocycles. The highest BCUT2D eigenvalue weighted by Gasteiger charge is 2.03. The molecule has 0 aliphatic carbocycles. The second-order valence-corrected chi connectivity index (χ2v) is 5.05. The van der Waals surface area contributed by atoms with Crippen molar-refractivity contribution in [3.05, 3.63) is 63.4 Å². The topological polar surface area (TPSA) is 9.23 Å². The first-order chi connectivity index (χ1) is 9.08. The monoisotopic (exact) mass is 318 g/mol. The molecule has 0 amide bonds. The van der Waals surface area contributed by atoms with Crippen molar-refractivity contribution in [2.75, 3.05) is 0 Å². The summed E-state index contributed by atoms with van der Waals surface area (Å²) in [7, 11) is 0. The molecule has 0 atom stereocenters. The molecule has 19 heavy (non-hydrogen) atoms. The molecule has 0 saturated heterocycles. The first-order valence-corrected chi connectivity index (χ1v) is 6.79. The summed E-state index contributed by atoms with van der Waals surface area (Å²) in [6.07, 6.45) is 0. The molecule has 100 valence electrons. The third-order valence-electron chi connectivity index (χ3n) is 2.47. The van der Waals surface area contributed by atoms with Crippen LogP contribution in [0.25, 0.3) is 0 Å². The molecular weight excluding hydrogens is 310 g/mol. The Labute approximate surface area is 125 Å². The van der Waals surface area contributed by atoms with Gasteiger partial charge in [0, 0.05) is 11.9 Å². The van der Waals surface area contributed by atoms with Gasteiger partial charge < -0.3 is 4.74 Å². The maximum atomic E-state index is 13.3. The van der Waals surface area contributed by atoms with Crippen LogP contribution in [0.5, 0.6) is 5.75 Å². The van der Waals surface area contributed by atoms with E-state index in [-0.39, 0.29) is 18.3 Å². The van der Waals surface area contributed by atoms with E-state index in [2.05, 4.69) is 0 Å². The minimum Gasteiger partial charge on any atom is -0.489 e. The van der Waals surface area contributed by atoms with Gasteiger partial charge in [-0.3, -0.25) is 0 Å². The Bertz CT molecular complexity index is 587. The maximum absolute atomic E-state index is 13.3. The summed E-state index contributed by atoms with van der Waals surface area (Å²) in [4.78, 5) is 0. The normalized spacial score (nSPS) is 10.5. The van der Waals surface area contributed by atoms with Crippen LogP contribution < -0.4 is 4.74 Å². The van der Waals surface area contributed by atoms with Crippen molar-refractivity contribution in [3.63, 3.8) is 0 Å². The molecule has 0 aliphatic heterocycles. The molecule has 0 aromatic heterocycles. The molecule has 0 aliphatic rings. The zero-order valence-electron chi connectivity index (χ0n) is 9.80. The molecule has 0 fully saturated rings. The molecule has 0 saturated carbocycles. The highest BCUT2D eigenvalue weighted by Crippen LogP contribution is 2.24. The third kappa shape index (κ3) is 4.00. The van der Waals surface area contributed by atoms with E-state index in [1.54, 1.807) is 24.3 Å². The van der Waals surface area contributed by atoms with Gasteiger partial charge in [0.15, 0.2) is 0 Å². The fraction of sp³-hybridized carbons (Fsp3) is 0.143. The smallest absolute Gasteiger partial charge is 0.127 e. The van der Waals surface area contributed by atoms with Crippen LogP contribution in [0.2, 0.25) is 10.0 Å². The van der Waals surface area contributed by atoms with Gasteiger partial charge in [0.25, 0.3) is 0 Å². The zero-order chi connectivity index (χ0) is 13.8. The van der Waals surface area contributed by atoms with E-state index < -0.39 is 0 Å². The molecule has 0 spiro atoms. The number of halogens is 4. The fourth-order valence-electron chi connectivity index (χ4n) is 1.58. The van der Waals surface area contributed by atoms with Crippen LogP contribution in [-0.2, 0) is 12.5 Å². The quantitative estimate of drug-likeness (QED) is 0.681. The molecule has 0 N–H and O–H groups in total. The Morgan fingerprint density at radius 1 is 0.947 bits per heavy atom. The lowest BCUT2D eigenvalue weighted by Gasteiger charge is -2.08. The fourth-order valence-corrected chi connectivity index (χ4v) is 2.05. The highest BCUT2D eigenvalue weighted by atomic mass is 35.5. The second kappa shape index (κ2) is 6.47. The first-order valence-electron chi connectivity index (χ1n) is 5.50. The Hall–Kier alpha value is -0.960. The summed E-state index contributed by atoms with van der Waals surface area (Å²) in [6, 6.07) is 9.60. The van der Waals surface area contributed by atoms with Gasteiger partial charge in [0.05, 0.1) is 10.0 Å². The van der Waals surface area contributed by atoms with Crippen molar-refractivity contribution in [1.82, 2.24) is 0 Å². The van der Waals surface area contributed by atoms with Crippen LogP contribution in [0, 0.1) is 5.82 Å². The molecule has 5 heteroatoms. The lowest BCUT2D eigenvalue weighted by Crippen LogP contribution is -1.96. The number of rotatable bonds is 4. The van der Waals surface area contributed by atoms with Gasteiger partial charge in [-0.15, -0.1) is 11.6 Å². The number of hydrogen-bond acceptors (Lipinski definition) is 1. The molecule has 2 aromatic rings. The third-order valence-corrected chi connectivity index (χ3v) is 3.52. The molecule has 0 unspecified atom stereocenters. The summed E-state index contributed by atoms with van der Waals surface area (Å²) >= 11 is 17.4. The van der Waals surface area contributed by atoms with Crippen molar-refractivity contribution >= 4 is 34.8 Å². The summed E-state index contributed by atoms with van der Waals surface area (Å²) < 4.78 is 18.8. The van der Waals surface area contributed by atoms with Crippen LogP contribution in [-0.4, -0.2) is 0 Å². The van der Waals surface area contributed by atoms with Crippen molar-refractivity contribution in [3.8, 4) is 5.75 Å². The van der Waals surface area contributed by atoms with Crippen LogP contribution >= 0.6 is 34.8 Å². The Kier molecular flexibility index (Phi) is 4.92. The van der Waals surface area contributed by atoms with E-state index in [9.17, 15) is 4.39 Å². The molecular formula is C14H10Cl3FO. The Morgan fingerprint density at radius 2 is 1.74 bits per heavy atom. The summed E-state index contributed by atoms with van der Waals surface area (Å²) in [5.41, 5.74) is 1.52. The van der Waals surface area contributed by atoms with Crippen molar-refractivity contribution in [2.24, 2.45) is 0 Å². The lowest BCUT2D eigenvalue weighted by atomic mass is 10.2. The van der Waals surface area contributed by atoms with Gasteiger partial charge in [0.2, 0.25) is 0 Å². The predicted octanol–water partition coefficient (Wildman–Crippen LogP) is 5.45. The largest absolute Gasteiger partial charge is 0.489 e. The van der Waals surface area contributed by atoms with E-state index in [4.69, 9.17) is 39.5 Å². The number of benzene rings is 2. The number of ether oxygens (including phenoxy) is 1. The summed E-state index contributed by atoms with van der Waals surface area (Å²) in [6.45, 7) is 0.280. The van der Waals surface area contributed by atoms with Crippen molar-refractivity contribution < 1.29 is 9.13 Å². The average Bonchev–Trinajstić information content (AvgIpc) is 2.39. The Balaban J connectivity index is 2.09. The van der Waals surface area contributed by atoms with Crippen LogP contribution in [0.4, 0.5) is 4.39 Å². The van der Waals surface area contributed by atoms with Crippen molar-refractivity contribution in [1.29, 1.82) is 0 Å². The van der Waals surface area contributed by atoms with E-state index in [1.165, 1.54) is 12.1 Å². The molecule has 0 radical (unpaired) electrons. The highest BCUT2D eigenvalue weighted by molar-refractivity contribution is 6.42. The van der Waals surface area contributed by atoms with E-state index >= 15 is 0 Å².